The molecule has 0 saturated heterocycles. The van der Waals surface area contributed by atoms with Crippen molar-refractivity contribution in [1.29, 1.82) is 0 Å². The Balaban J connectivity index is 2.17. The van der Waals surface area contributed by atoms with Gasteiger partial charge in [0.15, 0.2) is 4.90 Å². The molecule has 0 unspecified atom stereocenters. The molecule has 29 heavy (non-hydrogen) atoms. The number of sulfonamides is 1. The Kier molecular flexibility index (Phi) is 5.99. The topological polar surface area (TPSA) is 89.6 Å². The third kappa shape index (κ3) is 4.83. The first kappa shape index (κ1) is 20.2. The maximum atomic E-state index is 12.9. The second-order valence-corrected chi connectivity index (χ2v) is 7.81. The number of nitro groups is 1. The van der Waals surface area contributed by atoms with E-state index < -0.39 is 25.5 Å². The van der Waals surface area contributed by atoms with Crippen LogP contribution in [0.1, 0.15) is 18.1 Å². The first-order valence-electron chi connectivity index (χ1n) is 8.76. The molecule has 146 valence electrons. The summed E-state index contributed by atoms with van der Waals surface area (Å²) in [6.45, 7) is 1.85. The monoisotopic (exact) mass is 406 g/mol. The quantitative estimate of drug-likeness (QED) is 0.332. The van der Waals surface area contributed by atoms with Gasteiger partial charge in [-0.15, -0.1) is 0 Å². The van der Waals surface area contributed by atoms with E-state index in [2.05, 4.69) is 4.40 Å². The van der Waals surface area contributed by atoms with Gasteiger partial charge in [-0.1, -0.05) is 72.8 Å². The Hall–Kier alpha value is -3.58. The summed E-state index contributed by atoms with van der Waals surface area (Å²) in [5.74, 6) is 0. The molecule has 3 aromatic rings. The second-order valence-electron chi connectivity index (χ2n) is 6.24. The summed E-state index contributed by atoms with van der Waals surface area (Å²) in [7, 11) is -4.31. The SMILES string of the molecule is C/C(=C\C(=NS(=O)(=O)c1ccccc1[N+](=O)[O-])c1ccccc1)c1ccccc1. The summed E-state index contributed by atoms with van der Waals surface area (Å²) in [6, 6.07) is 23.5. The average molecular weight is 406 g/mol. The predicted octanol–water partition coefficient (Wildman–Crippen LogP) is 4.88. The molecule has 0 aliphatic carbocycles. The van der Waals surface area contributed by atoms with Gasteiger partial charge >= 0.3 is 0 Å². The van der Waals surface area contributed by atoms with E-state index in [1.165, 1.54) is 18.2 Å². The third-order valence-corrected chi connectivity index (χ3v) is 5.55. The van der Waals surface area contributed by atoms with Gasteiger partial charge in [0.1, 0.15) is 0 Å². The molecular formula is C22H18N2O4S. The van der Waals surface area contributed by atoms with Crippen molar-refractivity contribution in [2.24, 2.45) is 4.40 Å². The summed E-state index contributed by atoms with van der Waals surface area (Å²) in [6.07, 6.45) is 1.66. The van der Waals surface area contributed by atoms with E-state index in [9.17, 15) is 18.5 Å². The Morgan fingerprint density at radius 1 is 0.862 bits per heavy atom. The van der Waals surface area contributed by atoms with Gasteiger partial charge < -0.3 is 0 Å². The summed E-state index contributed by atoms with van der Waals surface area (Å²) < 4.78 is 29.8. The van der Waals surface area contributed by atoms with Gasteiger partial charge in [0.05, 0.1) is 10.6 Å². The fraction of sp³-hybridized carbons (Fsp3) is 0.0455. The van der Waals surface area contributed by atoms with E-state index in [1.807, 2.05) is 43.3 Å². The lowest BCUT2D eigenvalue weighted by atomic mass is 10.0. The van der Waals surface area contributed by atoms with E-state index in [0.29, 0.717) is 5.56 Å². The van der Waals surface area contributed by atoms with Crippen LogP contribution >= 0.6 is 0 Å². The first-order chi connectivity index (χ1) is 13.9. The molecule has 0 bridgehead atoms. The largest absolute Gasteiger partial charge is 0.289 e. The molecule has 0 saturated carbocycles. The van der Waals surface area contributed by atoms with Crippen molar-refractivity contribution in [3.05, 3.63) is 112 Å². The Morgan fingerprint density at radius 2 is 1.38 bits per heavy atom. The van der Waals surface area contributed by atoms with Crippen LogP contribution < -0.4 is 0 Å². The van der Waals surface area contributed by atoms with Crippen LogP contribution in [0.2, 0.25) is 0 Å². The highest BCUT2D eigenvalue weighted by molar-refractivity contribution is 7.90. The van der Waals surface area contributed by atoms with E-state index in [4.69, 9.17) is 0 Å². The maximum absolute atomic E-state index is 12.9. The molecule has 3 aromatic carbocycles. The fourth-order valence-electron chi connectivity index (χ4n) is 2.77. The van der Waals surface area contributed by atoms with E-state index in [0.717, 1.165) is 17.2 Å². The van der Waals surface area contributed by atoms with Crippen molar-refractivity contribution >= 4 is 27.0 Å². The Morgan fingerprint density at radius 3 is 1.97 bits per heavy atom. The zero-order valence-electron chi connectivity index (χ0n) is 15.6. The van der Waals surface area contributed by atoms with Gasteiger partial charge in [0.2, 0.25) is 0 Å². The molecule has 0 N–H and O–H groups in total. The normalized spacial score (nSPS) is 12.6. The zero-order chi connectivity index (χ0) is 20.9. The molecule has 0 heterocycles. The summed E-state index contributed by atoms with van der Waals surface area (Å²) in [4.78, 5) is 10.1. The van der Waals surface area contributed by atoms with Gasteiger partial charge in [-0.25, -0.2) is 0 Å². The number of para-hydroxylation sites is 1. The minimum Gasteiger partial charge on any atom is -0.258 e. The predicted molar refractivity (Wildman–Crippen MR) is 113 cm³/mol. The molecule has 0 spiro atoms. The van der Waals surface area contributed by atoms with Gasteiger partial charge in [0.25, 0.3) is 15.7 Å². The highest BCUT2D eigenvalue weighted by atomic mass is 32.2. The summed E-state index contributed by atoms with van der Waals surface area (Å²) >= 11 is 0. The fourth-order valence-corrected chi connectivity index (χ4v) is 3.94. The summed E-state index contributed by atoms with van der Waals surface area (Å²) in [5, 5.41) is 11.3. The van der Waals surface area contributed by atoms with Crippen molar-refractivity contribution in [2.45, 2.75) is 11.8 Å². The zero-order valence-corrected chi connectivity index (χ0v) is 16.4. The van der Waals surface area contributed by atoms with Crippen molar-refractivity contribution in [3.8, 4) is 0 Å². The molecule has 0 aliphatic heterocycles. The molecule has 0 aromatic heterocycles. The van der Waals surface area contributed by atoms with E-state index >= 15 is 0 Å². The van der Waals surface area contributed by atoms with Gasteiger partial charge in [-0.3, -0.25) is 10.1 Å². The van der Waals surface area contributed by atoms with Crippen LogP contribution in [0.5, 0.6) is 0 Å². The average Bonchev–Trinajstić information content (AvgIpc) is 2.74. The molecule has 7 heteroatoms. The van der Waals surface area contributed by atoms with Gasteiger partial charge in [0, 0.05) is 11.6 Å². The molecule has 3 rings (SSSR count). The minimum absolute atomic E-state index is 0.199. The lowest BCUT2D eigenvalue weighted by Gasteiger charge is -2.07. The molecule has 0 aliphatic rings. The molecule has 6 nitrogen and oxygen atoms in total. The number of allylic oxidation sites excluding steroid dienone is 2. The van der Waals surface area contributed by atoms with Crippen LogP contribution in [0.4, 0.5) is 5.69 Å². The van der Waals surface area contributed by atoms with E-state index in [1.54, 1.807) is 30.3 Å². The number of nitrogens with zero attached hydrogens (tertiary/aromatic N) is 2. The number of nitro benzene ring substituents is 1. The standard InChI is InChI=1S/C22H18N2O4S/c1-17(18-10-4-2-5-11-18)16-20(19-12-6-3-7-13-19)23-29(27,28)22-15-9-8-14-21(22)24(25)26/h2-16H,1H3/b17-16+,23-20?. The molecule has 0 atom stereocenters. The van der Waals surface area contributed by atoms with Crippen molar-refractivity contribution in [2.75, 3.05) is 0 Å². The van der Waals surface area contributed by atoms with Crippen molar-refractivity contribution < 1.29 is 13.3 Å². The van der Waals surface area contributed by atoms with Crippen LogP contribution in [-0.2, 0) is 10.0 Å². The van der Waals surface area contributed by atoms with Crippen LogP contribution in [0, 0.1) is 10.1 Å². The molecule has 0 amide bonds. The first-order valence-corrected chi connectivity index (χ1v) is 10.2. The smallest absolute Gasteiger partial charge is 0.258 e. The van der Waals surface area contributed by atoms with Gasteiger partial charge in [-0.2, -0.15) is 12.8 Å². The summed E-state index contributed by atoms with van der Waals surface area (Å²) in [5.41, 5.74) is 2.01. The minimum atomic E-state index is -4.31. The molecular weight excluding hydrogens is 388 g/mol. The number of rotatable bonds is 6. The lowest BCUT2D eigenvalue weighted by Crippen LogP contribution is -2.07. The van der Waals surface area contributed by atoms with Crippen molar-refractivity contribution in [1.82, 2.24) is 0 Å². The highest BCUT2D eigenvalue weighted by Gasteiger charge is 2.25. The second kappa shape index (κ2) is 8.62. The number of hydrogen-bond donors (Lipinski definition) is 0. The molecule has 0 fully saturated rings. The Bertz CT molecular complexity index is 1190. The van der Waals surface area contributed by atoms with Crippen LogP contribution in [-0.4, -0.2) is 19.1 Å². The number of hydrogen-bond acceptors (Lipinski definition) is 4. The van der Waals surface area contributed by atoms with Crippen molar-refractivity contribution in [3.63, 3.8) is 0 Å². The lowest BCUT2D eigenvalue weighted by molar-refractivity contribution is -0.387. The van der Waals surface area contributed by atoms with Crippen LogP contribution in [0.15, 0.2) is 100 Å². The maximum Gasteiger partial charge on any atom is 0.289 e. The van der Waals surface area contributed by atoms with Crippen LogP contribution in [0.3, 0.4) is 0 Å². The van der Waals surface area contributed by atoms with Crippen LogP contribution in [0.25, 0.3) is 5.57 Å². The third-order valence-electron chi connectivity index (χ3n) is 4.21. The van der Waals surface area contributed by atoms with E-state index in [-0.39, 0.29) is 5.71 Å². The molecule has 0 radical (unpaired) electrons. The highest BCUT2D eigenvalue weighted by Crippen LogP contribution is 2.26. The van der Waals surface area contributed by atoms with Gasteiger partial charge in [-0.05, 0) is 30.2 Å². The Labute approximate surface area is 169 Å². The number of benzene rings is 3.